The predicted octanol–water partition coefficient (Wildman–Crippen LogP) is 1.64. The molecule has 2 amide bonds. The average Bonchev–Trinajstić information content (AvgIpc) is 2.64. The van der Waals surface area contributed by atoms with E-state index in [4.69, 9.17) is 10.5 Å². The minimum Gasteiger partial charge on any atom is -0.496 e. The highest BCUT2D eigenvalue weighted by Gasteiger charge is 2.23. The number of non-ortho nitro benzene ring substituents is 1. The summed E-state index contributed by atoms with van der Waals surface area (Å²) in [7, 11) is 1.34. The summed E-state index contributed by atoms with van der Waals surface area (Å²) in [5, 5.41) is 13.2. The summed E-state index contributed by atoms with van der Waals surface area (Å²) in [5.74, 6) is -3.29. The summed E-state index contributed by atoms with van der Waals surface area (Å²) >= 11 is 0. The van der Waals surface area contributed by atoms with Gasteiger partial charge in [-0.3, -0.25) is 19.7 Å². The van der Waals surface area contributed by atoms with E-state index < -0.39 is 46.4 Å². The lowest BCUT2D eigenvalue weighted by atomic mass is 10.0. The number of methoxy groups -OCH3 is 1. The van der Waals surface area contributed by atoms with Crippen molar-refractivity contribution in [3.8, 4) is 5.75 Å². The summed E-state index contributed by atoms with van der Waals surface area (Å²) in [6.07, 6.45) is -0.847. The number of rotatable bonds is 8. The Hall–Kier alpha value is -3.56. The minimum atomic E-state index is -1.27. The first-order valence-corrected chi connectivity index (χ1v) is 8.05. The average molecular weight is 393 g/mol. The molecule has 0 aromatic heterocycles. The molecule has 0 spiro atoms. The number of nitrogens with two attached hydrogens (primary N) is 1. The van der Waals surface area contributed by atoms with E-state index in [0.29, 0.717) is 0 Å². The smallest absolute Gasteiger partial charge is 0.269 e. The zero-order valence-corrected chi connectivity index (χ0v) is 14.8. The molecule has 0 bridgehead atoms. The Labute approximate surface area is 158 Å². The van der Waals surface area contributed by atoms with Crippen molar-refractivity contribution >= 4 is 17.5 Å². The predicted molar refractivity (Wildman–Crippen MR) is 94.5 cm³/mol. The van der Waals surface area contributed by atoms with Crippen LogP contribution in [0.4, 0.5) is 14.5 Å². The maximum atomic E-state index is 13.7. The van der Waals surface area contributed by atoms with Crippen molar-refractivity contribution in [3.05, 3.63) is 69.3 Å². The molecular weight excluding hydrogens is 376 g/mol. The van der Waals surface area contributed by atoms with Crippen molar-refractivity contribution < 1.29 is 28.0 Å². The van der Waals surface area contributed by atoms with Crippen molar-refractivity contribution in [2.45, 2.75) is 18.9 Å². The second kappa shape index (κ2) is 8.89. The first-order chi connectivity index (χ1) is 13.2. The number of ether oxygens (including phenoxy) is 1. The van der Waals surface area contributed by atoms with Gasteiger partial charge in [-0.1, -0.05) is 6.07 Å². The lowest BCUT2D eigenvalue weighted by Crippen LogP contribution is -2.46. The molecule has 0 heterocycles. The van der Waals surface area contributed by atoms with E-state index in [0.717, 1.165) is 18.2 Å². The highest BCUT2D eigenvalue weighted by Crippen LogP contribution is 2.25. The van der Waals surface area contributed by atoms with Crippen LogP contribution in [0.2, 0.25) is 0 Å². The van der Waals surface area contributed by atoms with Gasteiger partial charge in [-0.15, -0.1) is 0 Å². The molecule has 2 rings (SSSR count). The Balaban J connectivity index is 2.20. The monoisotopic (exact) mass is 393 g/mol. The highest BCUT2D eigenvalue weighted by atomic mass is 19.1. The molecule has 8 nitrogen and oxygen atoms in total. The van der Waals surface area contributed by atoms with Gasteiger partial charge >= 0.3 is 0 Å². The third-order valence-corrected chi connectivity index (χ3v) is 3.98. The van der Waals surface area contributed by atoms with Crippen molar-refractivity contribution in [1.29, 1.82) is 0 Å². The number of primary amides is 1. The molecule has 0 aliphatic rings. The van der Waals surface area contributed by atoms with Gasteiger partial charge in [0.2, 0.25) is 11.8 Å². The van der Waals surface area contributed by atoms with Gasteiger partial charge in [0.15, 0.2) is 0 Å². The van der Waals surface area contributed by atoms with Crippen LogP contribution in [0.25, 0.3) is 0 Å². The minimum absolute atomic E-state index is 0.203. The fourth-order valence-electron chi connectivity index (χ4n) is 2.59. The van der Waals surface area contributed by atoms with E-state index in [1.54, 1.807) is 0 Å². The molecule has 0 fully saturated rings. The van der Waals surface area contributed by atoms with E-state index in [1.807, 2.05) is 0 Å². The van der Waals surface area contributed by atoms with E-state index in [1.165, 1.54) is 25.3 Å². The molecule has 0 saturated carbocycles. The van der Waals surface area contributed by atoms with Gasteiger partial charge in [-0.05, 0) is 18.2 Å². The van der Waals surface area contributed by atoms with Crippen LogP contribution in [0.1, 0.15) is 11.1 Å². The highest BCUT2D eigenvalue weighted by molar-refractivity contribution is 5.87. The zero-order valence-electron chi connectivity index (χ0n) is 14.8. The number of carbonyl (C=O) groups is 2. The number of hydrogen-bond acceptors (Lipinski definition) is 5. The molecule has 1 atom stereocenters. The number of carbonyl (C=O) groups excluding carboxylic acids is 2. The number of nitro groups is 1. The Bertz CT molecular complexity index is 900. The first kappa shape index (κ1) is 20.7. The van der Waals surface area contributed by atoms with Crippen molar-refractivity contribution in [2.24, 2.45) is 5.73 Å². The summed E-state index contributed by atoms with van der Waals surface area (Å²) in [6, 6.07) is 5.67. The summed E-state index contributed by atoms with van der Waals surface area (Å²) in [4.78, 5) is 34.2. The molecule has 2 aromatic carbocycles. The van der Waals surface area contributed by atoms with Crippen LogP contribution in [-0.2, 0) is 22.4 Å². The Morgan fingerprint density at radius 2 is 1.89 bits per heavy atom. The summed E-state index contributed by atoms with van der Waals surface area (Å²) < 4.78 is 32.5. The molecule has 0 aliphatic heterocycles. The lowest BCUT2D eigenvalue weighted by molar-refractivity contribution is -0.384. The quantitative estimate of drug-likeness (QED) is 0.521. The second-order valence-corrected chi connectivity index (χ2v) is 5.86. The third kappa shape index (κ3) is 5.00. The van der Waals surface area contributed by atoms with E-state index >= 15 is 0 Å². The fourth-order valence-corrected chi connectivity index (χ4v) is 2.59. The Morgan fingerprint density at radius 1 is 1.25 bits per heavy atom. The second-order valence-electron chi connectivity index (χ2n) is 5.86. The topological polar surface area (TPSA) is 125 Å². The standard InChI is InChI=1S/C18H17F2N3O5/c1-28-16-6-5-11(23(26)27)7-10(16)8-15(18(21)25)22-17(24)9-12-13(19)3-2-4-14(12)20/h2-7,15H,8-9H2,1H3,(H2,21,25)(H,22,24)/t15-/m1/s1. The number of nitrogens with one attached hydrogen (secondary N) is 1. The van der Waals surface area contributed by atoms with Gasteiger partial charge in [0.1, 0.15) is 23.4 Å². The number of halogens is 2. The van der Waals surface area contributed by atoms with Gasteiger partial charge in [0.25, 0.3) is 5.69 Å². The van der Waals surface area contributed by atoms with E-state index in [-0.39, 0.29) is 23.4 Å². The summed E-state index contributed by atoms with van der Waals surface area (Å²) in [5.41, 5.74) is 4.88. The maximum Gasteiger partial charge on any atom is 0.269 e. The van der Waals surface area contributed by atoms with Gasteiger partial charge < -0.3 is 15.8 Å². The number of benzene rings is 2. The number of hydrogen-bond donors (Lipinski definition) is 2. The SMILES string of the molecule is COc1ccc([N+](=O)[O-])cc1C[C@@H](NC(=O)Cc1c(F)cccc1F)C(N)=O. The Kier molecular flexibility index (Phi) is 6.59. The molecule has 0 saturated heterocycles. The van der Waals surface area contributed by atoms with Crippen molar-refractivity contribution in [3.63, 3.8) is 0 Å². The van der Waals surface area contributed by atoms with Crippen LogP contribution in [0.5, 0.6) is 5.75 Å². The molecule has 3 N–H and O–H groups in total. The first-order valence-electron chi connectivity index (χ1n) is 8.05. The van der Waals surface area contributed by atoms with E-state index in [2.05, 4.69) is 5.32 Å². The van der Waals surface area contributed by atoms with Crippen molar-refractivity contribution in [1.82, 2.24) is 5.32 Å². The normalized spacial score (nSPS) is 11.5. The molecule has 10 heteroatoms. The largest absolute Gasteiger partial charge is 0.496 e. The van der Waals surface area contributed by atoms with Gasteiger partial charge in [-0.25, -0.2) is 8.78 Å². The zero-order chi connectivity index (χ0) is 20.8. The Morgan fingerprint density at radius 3 is 2.43 bits per heavy atom. The molecule has 148 valence electrons. The molecule has 0 aliphatic carbocycles. The van der Waals surface area contributed by atoms with E-state index in [9.17, 15) is 28.5 Å². The maximum absolute atomic E-state index is 13.7. The summed E-state index contributed by atoms with van der Waals surface area (Å²) in [6.45, 7) is 0. The van der Waals surface area contributed by atoms with Gasteiger partial charge in [0.05, 0.1) is 18.5 Å². The number of nitrogens with zero attached hydrogens (tertiary/aromatic N) is 1. The lowest BCUT2D eigenvalue weighted by Gasteiger charge is -2.17. The van der Waals surface area contributed by atoms with Gasteiger partial charge in [-0.2, -0.15) is 0 Å². The van der Waals surface area contributed by atoms with Crippen molar-refractivity contribution in [2.75, 3.05) is 7.11 Å². The van der Waals surface area contributed by atoms with Crippen LogP contribution < -0.4 is 15.8 Å². The van der Waals surface area contributed by atoms with Crippen LogP contribution in [-0.4, -0.2) is 29.9 Å². The van der Waals surface area contributed by atoms with Crippen LogP contribution in [0.15, 0.2) is 36.4 Å². The van der Waals surface area contributed by atoms with Crippen LogP contribution in [0, 0.1) is 21.7 Å². The third-order valence-electron chi connectivity index (χ3n) is 3.98. The molecule has 0 unspecified atom stereocenters. The fraction of sp³-hybridized carbons (Fsp3) is 0.222. The molecular formula is C18H17F2N3O5. The van der Waals surface area contributed by atoms with Crippen LogP contribution >= 0.6 is 0 Å². The van der Waals surface area contributed by atoms with Crippen LogP contribution in [0.3, 0.4) is 0 Å². The van der Waals surface area contributed by atoms with Gasteiger partial charge in [0, 0.05) is 29.7 Å². The molecule has 28 heavy (non-hydrogen) atoms. The molecule has 0 radical (unpaired) electrons. The number of amides is 2. The number of nitro benzene ring substituents is 1. The molecule has 2 aromatic rings.